The number of hydrogen-bond donors (Lipinski definition) is 4. The van der Waals surface area contributed by atoms with Gasteiger partial charge < -0.3 is 51.4 Å². The lowest BCUT2D eigenvalue weighted by atomic mass is 10.2. The van der Waals surface area contributed by atoms with Crippen LogP contribution < -0.4 is 44.0 Å². The molecule has 0 aliphatic carbocycles. The van der Waals surface area contributed by atoms with Crippen molar-refractivity contribution >= 4 is 29.7 Å². The molecular formula is C29H48ClN13O5. The standard InChI is InChI=1S/C29H47N13O5.ClH/c1-3-14-44-18-20-47-21-19-45-15-7-33-27-34-28(36-29(35-27)41-12-16-46-17-13-41)40-10-8-39(9-11-40)25(43)23(2)42-22-24(37-38-42)5-4-6-32-26(30)31;/h1,22-23H,4-21H2,2H3,(H4,30,31,32)(H,33,34,35,36);1H. The monoisotopic (exact) mass is 693 g/mol. The van der Waals surface area contributed by atoms with E-state index in [0.29, 0.717) is 123 Å². The number of nitrogens with two attached hydrogens (primary N) is 2. The third-order valence-corrected chi connectivity index (χ3v) is 7.49. The van der Waals surface area contributed by atoms with E-state index in [1.54, 1.807) is 4.68 Å². The SMILES string of the molecule is C#CCOCCOCCOCCNc1nc(N2CCOCC2)nc(N2CCN(C(=O)C(C)n3cc(CCC[NH+]=C(N)N)nn3)CC2)n1.[Cl-]. The third kappa shape index (κ3) is 12.5. The maximum atomic E-state index is 13.4. The molecule has 1 amide bonds. The molecule has 4 rings (SSSR count). The Kier molecular flexibility index (Phi) is 16.9. The summed E-state index contributed by atoms with van der Waals surface area (Å²) in [6, 6.07) is -0.475. The summed E-state index contributed by atoms with van der Waals surface area (Å²) in [7, 11) is 0. The highest BCUT2D eigenvalue weighted by molar-refractivity contribution is 5.80. The lowest BCUT2D eigenvalue weighted by Crippen LogP contribution is -3.00. The number of aryl methyl sites for hydroxylation is 1. The van der Waals surface area contributed by atoms with Gasteiger partial charge in [0.2, 0.25) is 23.8 Å². The molecule has 19 heteroatoms. The zero-order chi connectivity index (χ0) is 33.3. The minimum Gasteiger partial charge on any atom is -1.00 e. The normalized spacial score (nSPS) is 15.4. The van der Waals surface area contributed by atoms with Crippen LogP contribution in [0.5, 0.6) is 0 Å². The van der Waals surface area contributed by atoms with Crippen LogP contribution in [-0.2, 0) is 30.2 Å². The number of terminal acetylenes is 1. The van der Waals surface area contributed by atoms with E-state index in [2.05, 4.69) is 41.3 Å². The number of piperazine rings is 1. The molecule has 1 atom stereocenters. The number of carbonyl (C=O) groups is 1. The molecule has 0 saturated carbocycles. The van der Waals surface area contributed by atoms with Crippen molar-refractivity contribution in [2.45, 2.75) is 25.8 Å². The van der Waals surface area contributed by atoms with Gasteiger partial charge in [-0.2, -0.15) is 15.0 Å². The van der Waals surface area contributed by atoms with Gasteiger partial charge in [0.05, 0.1) is 58.5 Å². The number of halogens is 1. The summed E-state index contributed by atoms with van der Waals surface area (Å²) in [4.78, 5) is 36.5. The summed E-state index contributed by atoms with van der Waals surface area (Å²) in [6.07, 6.45) is 8.45. The first-order valence-electron chi connectivity index (χ1n) is 16.0. The molecule has 2 aliphatic rings. The lowest BCUT2D eigenvalue weighted by molar-refractivity contribution is -0.459. The summed E-state index contributed by atoms with van der Waals surface area (Å²) < 4.78 is 23.4. The Morgan fingerprint density at radius 1 is 1.00 bits per heavy atom. The molecule has 4 heterocycles. The molecule has 2 fully saturated rings. The Labute approximate surface area is 287 Å². The highest BCUT2D eigenvalue weighted by Crippen LogP contribution is 2.20. The Hall–Kier alpha value is -4.02. The minimum absolute atomic E-state index is 0. The summed E-state index contributed by atoms with van der Waals surface area (Å²) in [6.45, 7) is 10.4. The fourth-order valence-corrected chi connectivity index (χ4v) is 4.91. The van der Waals surface area contributed by atoms with E-state index in [9.17, 15) is 4.79 Å². The summed E-state index contributed by atoms with van der Waals surface area (Å²) in [5.41, 5.74) is 11.7. The van der Waals surface area contributed by atoms with Crippen LogP contribution in [0.15, 0.2) is 6.20 Å². The number of rotatable bonds is 19. The van der Waals surface area contributed by atoms with Gasteiger partial charge in [-0.25, -0.2) is 4.68 Å². The van der Waals surface area contributed by atoms with Gasteiger partial charge in [0.15, 0.2) is 0 Å². The number of ether oxygens (including phenoxy) is 4. The van der Waals surface area contributed by atoms with Crippen molar-refractivity contribution in [3.8, 4) is 12.3 Å². The van der Waals surface area contributed by atoms with Crippen molar-refractivity contribution in [3.05, 3.63) is 11.9 Å². The van der Waals surface area contributed by atoms with Crippen LogP contribution in [0.3, 0.4) is 0 Å². The van der Waals surface area contributed by atoms with Gasteiger partial charge in [-0.3, -0.25) is 21.3 Å². The van der Waals surface area contributed by atoms with E-state index in [1.165, 1.54) is 0 Å². The number of anilines is 3. The van der Waals surface area contributed by atoms with Gasteiger partial charge in [-0.05, 0) is 19.8 Å². The molecule has 1 unspecified atom stereocenters. The predicted molar refractivity (Wildman–Crippen MR) is 174 cm³/mol. The molecule has 266 valence electrons. The molecule has 6 N–H and O–H groups in total. The molecule has 48 heavy (non-hydrogen) atoms. The zero-order valence-corrected chi connectivity index (χ0v) is 28.3. The second-order valence-electron chi connectivity index (χ2n) is 10.9. The van der Waals surface area contributed by atoms with Crippen LogP contribution >= 0.6 is 0 Å². The van der Waals surface area contributed by atoms with Crippen molar-refractivity contribution in [2.75, 3.05) is 120 Å². The Bertz CT molecular complexity index is 1310. The summed E-state index contributed by atoms with van der Waals surface area (Å²) >= 11 is 0. The number of hydrogen-bond acceptors (Lipinski definition) is 13. The maximum Gasteiger partial charge on any atom is 0.338 e. The first kappa shape index (κ1) is 38.4. The van der Waals surface area contributed by atoms with Gasteiger partial charge in [0.25, 0.3) is 0 Å². The van der Waals surface area contributed by atoms with Crippen LogP contribution in [0.1, 0.15) is 25.1 Å². The quantitative estimate of drug-likeness (QED) is 0.0467. The van der Waals surface area contributed by atoms with Crippen molar-refractivity contribution in [3.63, 3.8) is 0 Å². The number of nitrogens with one attached hydrogen (secondary N) is 2. The first-order chi connectivity index (χ1) is 22.9. The molecule has 0 aromatic carbocycles. The average Bonchev–Trinajstić information content (AvgIpc) is 3.58. The number of amides is 1. The molecule has 2 saturated heterocycles. The van der Waals surface area contributed by atoms with E-state index in [4.69, 9.17) is 46.8 Å². The number of carbonyl (C=O) groups excluding carboxylic acids is 1. The van der Waals surface area contributed by atoms with Gasteiger partial charge >= 0.3 is 5.96 Å². The second-order valence-corrected chi connectivity index (χ2v) is 10.9. The molecule has 18 nitrogen and oxygen atoms in total. The van der Waals surface area contributed by atoms with Crippen LogP contribution in [0.25, 0.3) is 0 Å². The lowest BCUT2D eigenvalue weighted by Gasteiger charge is -2.36. The number of morpholine rings is 1. The van der Waals surface area contributed by atoms with E-state index in [1.807, 2.05) is 18.0 Å². The molecule has 0 radical (unpaired) electrons. The first-order valence-corrected chi connectivity index (χ1v) is 16.0. The van der Waals surface area contributed by atoms with Crippen molar-refractivity contribution < 1.29 is 41.1 Å². The van der Waals surface area contributed by atoms with Gasteiger partial charge in [0, 0.05) is 52.0 Å². The van der Waals surface area contributed by atoms with Gasteiger partial charge in [-0.1, -0.05) is 11.1 Å². The number of guanidine groups is 1. The molecule has 2 aromatic heterocycles. The van der Waals surface area contributed by atoms with Crippen LogP contribution in [0, 0.1) is 12.3 Å². The minimum atomic E-state index is -0.475. The Morgan fingerprint density at radius 3 is 2.31 bits per heavy atom. The molecule has 0 spiro atoms. The Balaban J connectivity index is 0.00000625. The number of aromatic nitrogens is 6. The maximum absolute atomic E-state index is 13.4. The van der Waals surface area contributed by atoms with E-state index >= 15 is 0 Å². The van der Waals surface area contributed by atoms with Crippen molar-refractivity contribution in [2.24, 2.45) is 11.5 Å². The third-order valence-electron chi connectivity index (χ3n) is 7.49. The summed E-state index contributed by atoms with van der Waals surface area (Å²) in [5, 5.41) is 11.7. The fraction of sp³-hybridized carbons (Fsp3) is 0.690. The van der Waals surface area contributed by atoms with Gasteiger partial charge in [-0.15, -0.1) is 11.5 Å². The van der Waals surface area contributed by atoms with Crippen LogP contribution in [0.2, 0.25) is 0 Å². The van der Waals surface area contributed by atoms with Crippen LogP contribution in [-0.4, -0.2) is 152 Å². The molecular weight excluding hydrogens is 646 g/mol. The highest BCUT2D eigenvalue weighted by atomic mass is 35.5. The molecule has 2 aromatic rings. The smallest absolute Gasteiger partial charge is 0.338 e. The van der Waals surface area contributed by atoms with E-state index in [-0.39, 0.29) is 30.9 Å². The van der Waals surface area contributed by atoms with E-state index in [0.717, 1.165) is 12.1 Å². The predicted octanol–water partition coefficient (Wildman–Crippen LogP) is -6.41. The summed E-state index contributed by atoms with van der Waals surface area (Å²) in [5.74, 6) is 4.22. The number of nitrogens with zero attached hydrogens (tertiary/aromatic N) is 9. The Morgan fingerprint density at radius 2 is 1.65 bits per heavy atom. The largest absolute Gasteiger partial charge is 1.00 e. The highest BCUT2D eigenvalue weighted by Gasteiger charge is 2.28. The fourth-order valence-electron chi connectivity index (χ4n) is 4.91. The zero-order valence-electron chi connectivity index (χ0n) is 27.6. The van der Waals surface area contributed by atoms with Crippen LogP contribution in [0.4, 0.5) is 17.8 Å². The van der Waals surface area contributed by atoms with Gasteiger partial charge in [0.1, 0.15) is 12.6 Å². The molecule has 0 bridgehead atoms. The molecule has 2 aliphatic heterocycles. The van der Waals surface area contributed by atoms with Crippen molar-refractivity contribution in [1.82, 2.24) is 34.8 Å². The average molecular weight is 694 g/mol. The second kappa shape index (κ2) is 21.1. The van der Waals surface area contributed by atoms with E-state index < -0.39 is 6.04 Å². The van der Waals surface area contributed by atoms with Crippen molar-refractivity contribution in [1.29, 1.82) is 0 Å². The topological polar surface area (TPSA) is 211 Å².